The molecular weight excluding hydrogens is 216 g/mol. The van der Waals surface area contributed by atoms with E-state index in [1.54, 1.807) is 7.11 Å². The molecule has 94 valence electrons. The van der Waals surface area contributed by atoms with E-state index in [1.165, 1.54) is 0 Å². The summed E-state index contributed by atoms with van der Waals surface area (Å²) < 4.78 is 5.31. The first-order valence-electron chi connectivity index (χ1n) is 5.87. The maximum atomic E-state index is 5.67. The second-order valence-corrected chi connectivity index (χ2v) is 4.57. The maximum absolute atomic E-state index is 5.67. The molecule has 1 aliphatic rings. The number of nitrogens with zero attached hydrogens (tertiary/aromatic N) is 3. The van der Waals surface area contributed by atoms with Crippen molar-refractivity contribution in [2.45, 2.75) is 13.0 Å². The molecule has 1 saturated heterocycles. The Morgan fingerprint density at radius 3 is 2.82 bits per heavy atom. The molecule has 1 atom stereocenters. The van der Waals surface area contributed by atoms with Crippen molar-refractivity contribution in [1.82, 2.24) is 9.88 Å². The lowest BCUT2D eigenvalue weighted by Crippen LogP contribution is -2.50. The summed E-state index contributed by atoms with van der Waals surface area (Å²) in [5.74, 6) is 1.11. The summed E-state index contributed by atoms with van der Waals surface area (Å²) in [5.41, 5.74) is 6.70. The van der Waals surface area contributed by atoms with E-state index in [-0.39, 0.29) is 0 Å². The second-order valence-electron chi connectivity index (χ2n) is 4.57. The number of anilines is 2. The zero-order valence-corrected chi connectivity index (χ0v) is 10.7. The highest BCUT2D eigenvalue weighted by Gasteiger charge is 2.24. The normalized spacial score (nSPS) is 21.6. The van der Waals surface area contributed by atoms with Gasteiger partial charge in [0.25, 0.3) is 0 Å². The van der Waals surface area contributed by atoms with Crippen LogP contribution in [0.4, 0.5) is 11.5 Å². The quantitative estimate of drug-likeness (QED) is 0.823. The summed E-state index contributed by atoms with van der Waals surface area (Å²) in [5, 5.41) is 0. The van der Waals surface area contributed by atoms with Crippen LogP contribution in [0.25, 0.3) is 0 Å². The van der Waals surface area contributed by atoms with Crippen LogP contribution in [0.2, 0.25) is 0 Å². The van der Waals surface area contributed by atoms with Gasteiger partial charge in [-0.05, 0) is 26.1 Å². The molecule has 0 aliphatic carbocycles. The summed E-state index contributed by atoms with van der Waals surface area (Å²) >= 11 is 0. The first-order valence-corrected chi connectivity index (χ1v) is 5.87. The molecule has 17 heavy (non-hydrogen) atoms. The molecule has 5 heteroatoms. The van der Waals surface area contributed by atoms with Gasteiger partial charge in [0, 0.05) is 25.7 Å². The molecule has 1 aromatic heterocycles. The molecule has 0 amide bonds. The first-order chi connectivity index (χ1) is 8.11. The van der Waals surface area contributed by atoms with Crippen molar-refractivity contribution in [3.8, 4) is 5.88 Å². The Bertz CT molecular complexity index is 396. The Labute approximate surface area is 102 Å². The molecule has 1 fully saturated rings. The average Bonchev–Trinajstić information content (AvgIpc) is 2.30. The molecule has 0 radical (unpaired) electrons. The molecular formula is C12H20N4O. The molecule has 2 rings (SSSR count). The topological polar surface area (TPSA) is 54.6 Å². The van der Waals surface area contributed by atoms with Gasteiger partial charge in [0.2, 0.25) is 5.88 Å². The number of nitrogens with two attached hydrogens (primary N) is 1. The lowest BCUT2D eigenvalue weighted by atomic mass is 10.2. The lowest BCUT2D eigenvalue weighted by molar-refractivity contribution is 0.273. The van der Waals surface area contributed by atoms with E-state index in [9.17, 15) is 0 Å². The number of nitrogen functional groups attached to an aromatic ring is 1. The highest BCUT2D eigenvalue weighted by atomic mass is 16.5. The van der Waals surface area contributed by atoms with Gasteiger partial charge in [0.1, 0.15) is 11.5 Å². The van der Waals surface area contributed by atoms with Crippen LogP contribution < -0.4 is 15.4 Å². The van der Waals surface area contributed by atoms with Crippen molar-refractivity contribution < 1.29 is 4.74 Å². The van der Waals surface area contributed by atoms with E-state index in [0.717, 1.165) is 25.3 Å². The number of pyridine rings is 1. The van der Waals surface area contributed by atoms with Gasteiger partial charge in [-0.15, -0.1) is 0 Å². The third-order valence-corrected chi connectivity index (χ3v) is 3.20. The summed E-state index contributed by atoms with van der Waals surface area (Å²) in [7, 11) is 3.78. The lowest BCUT2D eigenvalue weighted by Gasteiger charge is -2.39. The number of aromatic nitrogens is 1. The zero-order chi connectivity index (χ0) is 12.4. The highest BCUT2D eigenvalue weighted by Crippen LogP contribution is 2.29. The van der Waals surface area contributed by atoms with Crippen molar-refractivity contribution >= 4 is 11.5 Å². The molecule has 0 bridgehead atoms. The molecule has 0 unspecified atom stereocenters. The number of methoxy groups -OCH3 is 1. The van der Waals surface area contributed by atoms with Crippen LogP contribution in [0.3, 0.4) is 0 Å². The van der Waals surface area contributed by atoms with Crippen molar-refractivity contribution in [2.75, 3.05) is 44.4 Å². The maximum Gasteiger partial charge on any atom is 0.239 e. The van der Waals surface area contributed by atoms with Gasteiger partial charge in [-0.2, -0.15) is 4.98 Å². The predicted octanol–water partition coefficient (Wildman–Crippen LogP) is 0.813. The number of hydrogen-bond donors (Lipinski definition) is 1. The fourth-order valence-corrected chi connectivity index (χ4v) is 2.31. The Balaban J connectivity index is 2.27. The molecule has 1 aliphatic heterocycles. The van der Waals surface area contributed by atoms with E-state index < -0.39 is 0 Å². The second kappa shape index (κ2) is 4.79. The summed E-state index contributed by atoms with van der Waals surface area (Å²) in [6.45, 7) is 5.30. The van der Waals surface area contributed by atoms with Gasteiger partial charge in [0.05, 0.1) is 7.11 Å². The van der Waals surface area contributed by atoms with Gasteiger partial charge in [0.15, 0.2) is 0 Å². The van der Waals surface area contributed by atoms with Crippen molar-refractivity contribution in [3.63, 3.8) is 0 Å². The van der Waals surface area contributed by atoms with E-state index in [1.807, 2.05) is 12.1 Å². The van der Waals surface area contributed by atoms with E-state index in [0.29, 0.717) is 17.7 Å². The van der Waals surface area contributed by atoms with E-state index in [2.05, 4.69) is 28.8 Å². The van der Waals surface area contributed by atoms with Crippen molar-refractivity contribution in [2.24, 2.45) is 0 Å². The number of likely N-dealkylation sites (N-methyl/N-ethyl adjacent to an activating group) is 1. The van der Waals surface area contributed by atoms with Crippen LogP contribution in [-0.4, -0.2) is 49.7 Å². The largest absolute Gasteiger partial charge is 0.479 e. The SMILES string of the molecule is COc1nc(N)ccc1N1CCN(C)C[C@H]1C. The third-order valence-electron chi connectivity index (χ3n) is 3.20. The van der Waals surface area contributed by atoms with Crippen LogP contribution in [0.5, 0.6) is 5.88 Å². The van der Waals surface area contributed by atoms with Crippen LogP contribution in [0.1, 0.15) is 6.92 Å². The van der Waals surface area contributed by atoms with Gasteiger partial charge < -0.3 is 20.3 Å². The molecule has 2 N–H and O–H groups in total. The molecule has 5 nitrogen and oxygen atoms in total. The Morgan fingerprint density at radius 1 is 1.41 bits per heavy atom. The smallest absolute Gasteiger partial charge is 0.239 e. The minimum absolute atomic E-state index is 0.452. The van der Waals surface area contributed by atoms with Crippen LogP contribution in [-0.2, 0) is 0 Å². The number of rotatable bonds is 2. The van der Waals surface area contributed by atoms with Gasteiger partial charge >= 0.3 is 0 Å². The Kier molecular flexibility index (Phi) is 3.38. The fraction of sp³-hybridized carbons (Fsp3) is 0.583. The van der Waals surface area contributed by atoms with Gasteiger partial charge in [-0.1, -0.05) is 0 Å². The number of piperazine rings is 1. The monoisotopic (exact) mass is 236 g/mol. The van der Waals surface area contributed by atoms with Gasteiger partial charge in [-0.3, -0.25) is 0 Å². The molecule has 2 heterocycles. The summed E-state index contributed by atoms with van der Waals surface area (Å²) in [6, 6.07) is 4.26. The first kappa shape index (κ1) is 12.0. The van der Waals surface area contributed by atoms with Crippen LogP contribution in [0, 0.1) is 0 Å². The Morgan fingerprint density at radius 2 is 2.18 bits per heavy atom. The molecule has 0 spiro atoms. The molecule has 0 aromatic carbocycles. The van der Waals surface area contributed by atoms with Gasteiger partial charge in [-0.25, -0.2) is 0 Å². The molecule has 0 saturated carbocycles. The standard InChI is InChI=1S/C12H20N4O/c1-9-8-15(2)6-7-16(9)10-4-5-11(13)14-12(10)17-3/h4-5,9H,6-8H2,1-3H3,(H2,13,14)/t9-/m1/s1. The van der Waals surface area contributed by atoms with Crippen LogP contribution >= 0.6 is 0 Å². The molecule has 1 aromatic rings. The highest BCUT2D eigenvalue weighted by molar-refractivity contribution is 5.59. The third kappa shape index (κ3) is 2.44. The van der Waals surface area contributed by atoms with E-state index >= 15 is 0 Å². The zero-order valence-electron chi connectivity index (χ0n) is 10.7. The predicted molar refractivity (Wildman–Crippen MR) is 69.5 cm³/mol. The summed E-state index contributed by atoms with van der Waals surface area (Å²) in [6.07, 6.45) is 0. The van der Waals surface area contributed by atoms with Crippen LogP contribution in [0.15, 0.2) is 12.1 Å². The van der Waals surface area contributed by atoms with Crippen molar-refractivity contribution in [1.29, 1.82) is 0 Å². The number of ether oxygens (including phenoxy) is 1. The van der Waals surface area contributed by atoms with Crippen molar-refractivity contribution in [3.05, 3.63) is 12.1 Å². The minimum atomic E-state index is 0.452. The minimum Gasteiger partial charge on any atom is -0.479 e. The number of hydrogen-bond acceptors (Lipinski definition) is 5. The fourth-order valence-electron chi connectivity index (χ4n) is 2.31. The average molecular weight is 236 g/mol. The van der Waals surface area contributed by atoms with E-state index in [4.69, 9.17) is 10.5 Å². The Hall–Kier alpha value is -1.49. The summed E-state index contributed by atoms with van der Waals surface area (Å²) in [4.78, 5) is 8.88.